The van der Waals surface area contributed by atoms with Crippen molar-refractivity contribution in [2.75, 3.05) is 37.6 Å². The minimum atomic E-state index is -0.102. The summed E-state index contributed by atoms with van der Waals surface area (Å²) in [6.07, 6.45) is 4.02. The molecule has 1 amide bonds. The van der Waals surface area contributed by atoms with E-state index in [1.807, 2.05) is 0 Å². The number of anilines is 1. The molecule has 4 heteroatoms. The van der Waals surface area contributed by atoms with Crippen LogP contribution < -0.4 is 10.2 Å². The van der Waals surface area contributed by atoms with Crippen molar-refractivity contribution in [3.8, 4) is 0 Å². The fourth-order valence-corrected chi connectivity index (χ4v) is 4.31. The number of hydrogen-bond donors (Lipinski definition) is 1. The molecule has 2 fully saturated rings. The Balaban J connectivity index is 1.44. The number of amides is 1. The molecule has 0 saturated carbocycles. The van der Waals surface area contributed by atoms with E-state index in [0.717, 1.165) is 58.4 Å². The molecule has 0 unspecified atom stereocenters. The van der Waals surface area contributed by atoms with E-state index in [0.29, 0.717) is 6.04 Å². The maximum Gasteiger partial charge on any atom is 0.226 e. The highest BCUT2D eigenvalue weighted by molar-refractivity contribution is 5.85. The van der Waals surface area contributed by atoms with Crippen LogP contribution in [0.1, 0.15) is 45.1 Å². The Kier molecular flexibility index (Phi) is 5.67. The molecule has 1 atom stereocenters. The van der Waals surface area contributed by atoms with Crippen LogP contribution in [-0.2, 0) is 4.79 Å². The third kappa shape index (κ3) is 4.00. The number of benzene rings is 1. The van der Waals surface area contributed by atoms with E-state index in [4.69, 9.17) is 0 Å². The highest BCUT2D eigenvalue weighted by Crippen LogP contribution is 2.37. The zero-order valence-corrected chi connectivity index (χ0v) is 16.1. The van der Waals surface area contributed by atoms with Gasteiger partial charge >= 0.3 is 0 Å². The van der Waals surface area contributed by atoms with Crippen molar-refractivity contribution < 1.29 is 4.79 Å². The highest BCUT2D eigenvalue weighted by atomic mass is 16.2. The van der Waals surface area contributed by atoms with Gasteiger partial charge in [-0.3, -0.25) is 9.69 Å². The van der Waals surface area contributed by atoms with E-state index in [9.17, 15) is 4.79 Å². The molecule has 1 aromatic carbocycles. The SMILES string of the molecule is CCC1(CC)C[C@@H](CCN2CCN(c3ccc(C)cc3)CC2)NC1=O. The number of carbonyl (C=O) groups is 1. The summed E-state index contributed by atoms with van der Waals surface area (Å²) in [5.41, 5.74) is 2.55. The van der Waals surface area contributed by atoms with E-state index in [1.54, 1.807) is 0 Å². The first-order valence-corrected chi connectivity index (χ1v) is 9.91. The molecule has 4 nitrogen and oxygen atoms in total. The van der Waals surface area contributed by atoms with Gasteiger partial charge in [0.05, 0.1) is 5.41 Å². The summed E-state index contributed by atoms with van der Waals surface area (Å²) in [5.74, 6) is 0.284. The van der Waals surface area contributed by atoms with Gasteiger partial charge in [-0.2, -0.15) is 0 Å². The van der Waals surface area contributed by atoms with Crippen LogP contribution in [0.25, 0.3) is 0 Å². The average Bonchev–Trinajstić information content (AvgIpc) is 2.97. The zero-order valence-electron chi connectivity index (χ0n) is 16.1. The summed E-state index contributed by atoms with van der Waals surface area (Å²) in [6.45, 7) is 11.9. The van der Waals surface area contributed by atoms with Crippen molar-refractivity contribution in [1.29, 1.82) is 0 Å². The van der Waals surface area contributed by atoms with Crippen molar-refractivity contribution in [3.63, 3.8) is 0 Å². The van der Waals surface area contributed by atoms with Crippen molar-refractivity contribution in [2.24, 2.45) is 5.41 Å². The Morgan fingerprint density at radius 2 is 1.72 bits per heavy atom. The Hall–Kier alpha value is -1.55. The van der Waals surface area contributed by atoms with Crippen molar-refractivity contribution in [3.05, 3.63) is 29.8 Å². The van der Waals surface area contributed by atoms with E-state index in [1.165, 1.54) is 11.3 Å². The van der Waals surface area contributed by atoms with Gasteiger partial charge in [0, 0.05) is 44.5 Å². The normalized spacial score (nSPS) is 23.7. The first-order valence-electron chi connectivity index (χ1n) is 9.91. The molecule has 138 valence electrons. The minimum Gasteiger partial charge on any atom is -0.369 e. The Morgan fingerprint density at radius 1 is 1.08 bits per heavy atom. The van der Waals surface area contributed by atoms with Crippen LogP contribution in [0.4, 0.5) is 5.69 Å². The van der Waals surface area contributed by atoms with Crippen LogP contribution in [-0.4, -0.2) is 49.6 Å². The smallest absolute Gasteiger partial charge is 0.226 e. The molecule has 2 aliphatic heterocycles. The Labute approximate surface area is 152 Å². The molecule has 1 N–H and O–H groups in total. The van der Waals surface area contributed by atoms with Gasteiger partial charge in [-0.15, -0.1) is 0 Å². The lowest BCUT2D eigenvalue weighted by atomic mass is 9.79. The molecule has 2 heterocycles. The van der Waals surface area contributed by atoms with Crippen LogP contribution in [0.15, 0.2) is 24.3 Å². The van der Waals surface area contributed by atoms with Crippen LogP contribution in [0, 0.1) is 12.3 Å². The third-order valence-electron chi connectivity index (χ3n) is 6.37. The summed E-state index contributed by atoms with van der Waals surface area (Å²) in [4.78, 5) is 17.3. The lowest BCUT2D eigenvalue weighted by Gasteiger charge is -2.36. The summed E-state index contributed by atoms with van der Waals surface area (Å²) >= 11 is 0. The second-order valence-electron chi connectivity index (χ2n) is 7.81. The quantitative estimate of drug-likeness (QED) is 0.861. The number of carbonyl (C=O) groups excluding carboxylic acids is 1. The van der Waals surface area contributed by atoms with Gasteiger partial charge in [0.25, 0.3) is 0 Å². The monoisotopic (exact) mass is 343 g/mol. The van der Waals surface area contributed by atoms with Gasteiger partial charge in [-0.1, -0.05) is 31.5 Å². The third-order valence-corrected chi connectivity index (χ3v) is 6.37. The topological polar surface area (TPSA) is 35.6 Å². The number of piperazine rings is 1. The maximum absolute atomic E-state index is 12.3. The summed E-state index contributed by atoms with van der Waals surface area (Å²) in [7, 11) is 0. The van der Waals surface area contributed by atoms with Gasteiger partial charge in [0.1, 0.15) is 0 Å². The number of aryl methyl sites for hydroxylation is 1. The number of rotatable bonds is 6. The highest BCUT2D eigenvalue weighted by Gasteiger charge is 2.43. The van der Waals surface area contributed by atoms with Crippen molar-refractivity contribution in [1.82, 2.24) is 10.2 Å². The average molecular weight is 344 g/mol. The molecule has 2 saturated heterocycles. The molecule has 0 radical (unpaired) electrons. The van der Waals surface area contributed by atoms with Crippen LogP contribution >= 0.6 is 0 Å². The number of nitrogens with zero attached hydrogens (tertiary/aromatic N) is 2. The first-order chi connectivity index (χ1) is 12.1. The molecular weight excluding hydrogens is 310 g/mol. The molecule has 3 rings (SSSR count). The maximum atomic E-state index is 12.3. The lowest BCUT2D eigenvalue weighted by Crippen LogP contribution is -2.47. The molecule has 0 spiro atoms. The van der Waals surface area contributed by atoms with Crippen molar-refractivity contribution in [2.45, 2.75) is 52.5 Å². The van der Waals surface area contributed by atoms with Crippen LogP contribution in [0.5, 0.6) is 0 Å². The molecule has 0 bridgehead atoms. The van der Waals surface area contributed by atoms with E-state index in [2.05, 4.69) is 60.2 Å². The fourth-order valence-electron chi connectivity index (χ4n) is 4.31. The molecule has 1 aromatic rings. The number of hydrogen-bond acceptors (Lipinski definition) is 3. The molecule has 2 aliphatic rings. The lowest BCUT2D eigenvalue weighted by molar-refractivity contribution is -0.128. The van der Waals surface area contributed by atoms with E-state index >= 15 is 0 Å². The van der Waals surface area contributed by atoms with Gasteiger partial charge in [-0.05, 0) is 44.7 Å². The first kappa shape index (κ1) is 18.2. The standard InChI is InChI=1S/C21H33N3O/c1-4-21(5-2)16-18(22-20(21)25)10-11-23-12-14-24(15-13-23)19-8-6-17(3)7-9-19/h6-9,18H,4-5,10-16H2,1-3H3,(H,22,25)/t18-/m1/s1. The van der Waals surface area contributed by atoms with Crippen molar-refractivity contribution >= 4 is 11.6 Å². The van der Waals surface area contributed by atoms with Crippen LogP contribution in [0.3, 0.4) is 0 Å². The summed E-state index contributed by atoms with van der Waals surface area (Å²) in [6, 6.07) is 9.21. The largest absolute Gasteiger partial charge is 0.369 e. The summed E-state index contributed by atoms with van der Waals surface area (Å²) < 4.78 is 0. The second kappa shape index (κ2) is 7.77. The molecule has 25 heavy (non-hydrogen) atoms. The summed E-state index contributed by atoms with van der Waals surface area (Å²) in [5, 5.41) is 3.25. The van der Waals surface area contributed by atoms with Gasteiger partial charge in [0.15, 0.2) is 0 Å². The minimum absolute atomic E-state index is 0.102. The fraction of sp³-hybridized carbons (Fsp3) is 0.667. The van der Waals surface area contributed by atoms with Gasteiger partial charge in [-0.25, -0.2) is 0 Å². The van der Waals surface area contributed by atoms with Crippen LogP contribution in [0.2, 0.25) is 0 Å². The second-order valence-corrected chi connectivity index (χ2v) is 7.81. The molecule has 0 aliphatic carbocycles. The predicted octanol–water partition coefficient (Wildman–Crippen LogP) is 3.20. The van der Waals surface area contributed by atoms with Gasteiger partial charge in [0.2, 0.25) is 5.91 Å². The predicted molar refractivity (Wildman–Crippen MR) is 104 cm³/mol. The Bertz CT molecular complexity index is 571. The van der Waals surface area contributed by atoms with E-state index in [-0.39, 0.29) is 11.3 Å². The Morgan fingerprint density at radius 3 is 2.28 bits per heavy atom. The zero-order chi connectivity index (χ0) is 17.9. The number of nitrogens with one attached hydrogen (secondary N) is 1. The molecular formula is C21H33N3O. The molecule has 0 aromatic heterocycles. The van der Waals surface area contributed by atoms with Gasteiger partial charge < -0.3 is 10.2 Å². The van der Waals surface area contributed by atoms with E-state index < -0.39 is 0 Å².